The molecule has 0 bridgehead atoms. The lowest BCUT2D eigenvalue weighted by Crippen LogP contribution is -2.52. The zero-order valence-electron chi connectivity index (χ0n) is 12.9. The summed E-state index contributed by atoms with van der Waals surface area (Å²) in [5.41, 5.74) is 1.58. The molecule has 0 unspecified atom stereocenters. The first-order chi connectivity index (χ1) is 8.73. The molecule has 0 aliphatic heterocycles. The van der Waals surface area contributed by atoms with Crippen LogP contribution >= 0.6 is 15.9 Å². The van der Waals surface area contributed by atoms with Crippen LogP contribution in [0.15, 0.2) is 22.7 Å². The Morgan fingerprint density at radius 1 is 1.11 bits per heavy atom. The third kappa shape index (κ3) is 3.41. The van der Waals surface area contributed by atoms with Gasteiger partial charge in [0.25, 0.3) is 0 Å². The molecule has 0 amide bonds. The molecule has 4 heteroatoms. The Morgan fingerprint density at radius 3 is 2.00 bits per heavy atom. The van der Waals surface area contributed by atoms with Crippen LogP contribution in [-0.2, 0) is 4.43 Å². The summed E-state index contributed by atoms with van der Waals surface area (Å²) in [7, 11) is -1.95. The van der Waals surface area contributed by atoms with E-state index in [1.54, 1.807) is 0 Å². The van der Waals surface area contributed by atoms with Crippen molar-refractivity contribution in [2.24, 2.45) is 0 Å². The summed E-state index contributed by atoms with van der Waals surface area (Å²) >= 11 is 3.41. The van der Waals surface area contributed by atoms with E-state index in [1.165, 1.54) is 0 Å². The first-order valence-electron chi connectivity index (χ1n) is 7.13. The molecule has 0 fully saturated rings. The van der Waals surface area contributed by atoms with Crippen molar-refractivity contribution in [2.75, 3.05) is 0 Å². The minimum absolute atomic E-state index is 0.224. The molecule has 1 N–H and O–H groups in total. The van der Waals surface area contributed by atoms with Gasteiger partial charge in [-0.25, -0.2) is 0 Å². The van der Waals surface area contributed by atoms with Crippen molar-refractivity contribution in [3.05, 3.63) is 22.7 Å². The summed E-state index contributed by atoms with van der Waals surface area (Å²) in [6.07, 6.45) is 5.02. The number of hydrogen-bond donors (Lipinski definition) is 1. The third-order valence-corrected chi connectivity index (χ3v) is 11.0. The van der Waals surface area contributed by atoms with Crippen LogP contribution in [0, 0.1) is 0 Å². The zero-order chi connectivity index (χ0) is 14.8. The third-order valence-electron chi connectivity index (χ3n) is 4.20. The van der Waals surface area contributed by atoms with Crippen LogP contribution < -0.4 is 0 Å². The van der Waals surface area contributed by atoms with E-state index in [0.29, 0.717) is 16.6 Å². The number of halogens is 1. The molecule has 0 aromatic heterocycles. The van der Waals surface area contributed by atoms with Gasteiger partial charge in [-0.3, -0.25) is 0 Å². The van der Waals surface area contributed by atoms with Crippen molar-refractivity contribution in [1.82, 2.24) is 0 Å². The predicted octanol–water partition coefficient (Wildman–Crippen LogP) is 4.76. The fourth-order valence-corrected chi connectivity index (χ4v) is 9.27. The molecular weight excluding hydrogens is 320 g/mol. The molecule has 0 heterocycles. The molecule has 110 valence electrons. The maximum atomic E-state index is 10.3. The van der Waals surface area contributed by atoms with Crippen LogP contribution in [0.25, 0.3) is 0 Å². The molecule has 0 aromatic rings. The molecule has 1 rings (SSSR count). The standard InChI is InChI=1S/C15H27BrO2Si/c1-10(2)19(11(3)4,12(5)6)18-14-9-7-8-13(16)15(14)17/h7-12,14-15,17H,1-6H3/t14-,15+/m0/s1. The summed E-state index contributed by atoms with van der Waals surface area (Å²) in [5.74, 6) is 0. The molecule has 2 nitrogen and oxygen atoms in total. The molecule has 0 saturated carbocycles. The molecule has 0 aromatic carbocycles. The summed E-state index contributed by atoms with van der Waals surface area (Å²) in [4.78, 5) is 0. The maximum Gasteiger partial charge on any atom is 0.201 e. The number of hydrogen-bond acceptors (Lipinski definition) is 2. The summed E-state index contributed by atoms with van der Waals surface area (Å²) < 4.78 is 7.38. The van der Waals surface area contributed by atoms with Crippen LogP contribution in [0.5, 0.6) is 0 Å². The normalized spacial score (nSPS) is 24.5. The van der Waals surface area contributed by atoms with Gasteiger partial charge in [0.05, 0.1) is 6.10 Å². The Hall–Kier alpha value is 0.0969. The quantitative estimate of drug-likeness (QED) is 0.727. The van der Waals surface area contributed by atoms with Crippen molar-refractivity contribution in [3.63, 3.8) is 0 Å². The highest BCUT2D eigenvalue weighted by atomic mass is 79.9. The average Bonchev–Trinajstić information content (AvgIpc) is 2.29. The van der Waals surface area contributed by atoms with Crippen molar-refractivity contribution in [3.8, 4) is 0 Å². The number of allylic oxidation sites excluding steroid dienone is 2. The van der Waals surface area contributed by atoms with Gasteiger partial charge in [0.1, 0.15) is 6.10 Å². The maximum absolute atomic E-state index is 10.3. The first-order valence-corrected chi connectivity index (χ1v) is 10.1. The Kier molecular flexibility index (Phi) is 6.05. The van der Waals surface area contributed by atoms with Crippen LogP contribution in [0.4, 0.5) is 0 Å². The van der Waals surface area contributed by atoms with Gasteiger partial charge in [-0.1, -0.05) is 69.6 Å². The van der Waals surface area contributed by atoms with Gasteiger partial charge in [0.2, 0.25) is 8.32 Å². The minimum Gasteiger partial charge on any atom is -0.407 e. The molecule has 2 atom stereocenters. The van der Waals surface area contributed by atoms with Gasteiger partial charge in [-0.15, -0.1) is 0 Å². The van der Waals surface area contributed by atoms with Crippen LogP contribution in [0.2, 0.25) is 16.6 Å². The van der Waals surface area contributed by atoms with E-state index in [-0.39, 0.29) is 6.10 Å². The molecule has 1 aliphatic rings. The topological polar surface area (TPSA) is 29.5 Å². The van der Waals surface area contributed by atoms with Crippen molar-refractivity contribution in [2.45, 2.75) is 70.4 Å². The molecule has 0 saturated heterocycles. The number of aliphatic hydroxyl groups excluding tert-OH is 1. The van der Waals surface area contributed by atoms with Crippen LogP contribution in [0.3, 0.4) is 0 Å². The Labute approximate surface area is 127 Å². The lowest BCUT2D eigenvalue weighted by Gasteiger charge is -2.45. The smallest absolute Gasteiger partial charge is 0.201 e. The SMILES string of the molecule is CC(C)[Si](O[C@H]1C=CC=C(Br)[C@H]1O)(C(C)C)C(C)C. The first kappa shape index (κ1) is 17.1. The van der Waals surface area contributed by atoms with Gasteiger partial charge in [-0.2, -0.15) is 0 Å². The molecular formula is C15H27BrO2Si. The molecule has 0 spiro atoms. The average molecular weight is 347 g/mol. The highest BCUT2D eigenvalue weighted by Crippen LogP contribution is 2.44. The molecule has 1 aliphatic carbocycles. The van der Waals surface area contributed by atoms with Gasteiger partial charge in [-0.05, 0) is 22.7 Å². The molecule has 0 radical (unpaired) electrons. The van der Waals surface area contributed by atoms with E-state index >= 15 is 0 Å². The largest absolute Gasteiger partial charge is 0.407 e. The summed E-state index contributed by atoms with van der Waals surface area (Å²) in [5, 5.41) is 10.3. The highest BCUT2D eigenvalue weighted by molar-refractivity contribution is 9.11. The summed E-state index contributed by atoms with van der Waals surface area (Å²) in [6.45, 7) is 13.6. The Bertz CT molecular complexity index is 339. The predicted molar refractivity (Wildman–Crippen MR) is 88.1 cm³/mol. The zero-order valence-corrected chi connectivity index (χ0v) is 15.4. The van der Waals surface area contributed by atoms with E-state index in [2.05, 4.69) is 57.5 Å². The van der Waals surface area contributed by atoms with E-state index in [1.807, 2.05) is 18.2 Å². The van der Waals surface area contributed by atoms with Gasteiger partial charge in [0.15, 0.2) is 0 Å². The number of rotatable bonds is 5. The fraction of sp³-hybridized carbons (Fsp3) is 0.733. The van der Waals surface area contributed by atoms with Gasteiger partial charge < -0.3 is 9.53 Å². The highest BCUT2D eigenvalue weighted by Gasteiger charge is 2.47. The van der Waals surface area contributed by atoms with E-state index in [9.17, 15) is 5.11 Å². The van der Waals surface area contributed by atoms with Crippen molar-refractivity contribution in [1.29, 1.82) is 0 Å². The monoisotopic (exact) mass is 346 g/mol. The Balaban J connectivity index is 3.03. The van der Waals surface area contributed by atoms with E-state index in [4.69, 9.17) is 4.43 Å². The van der Waals surface area contributed by atoms with Gasteiger partial charge >= 0.3 is 0 Å². The second kappa shape index (κ2) is 6.70. The van der Waals surface area contributed by atoms with Crippen molar-refractivity contribution < 1.29 is 9.53 Å². The van der Waals surface area contributed by atoms with Gasteiger partial charge in [0, 0.05) is 4.48 Å². The van der Waals surface area contributed by atoms with Crippen LogP contribution in [-0.4, -0.2) is 25.6 Å². The second-order valence-corrected chi connectivity index (χ2v) is 12.6. The Morgan fingerprint density at radius 2 is 1.58 bits per heavy atom. The lowest BCUT2D eigenvalue weighted by molar-refractivity contribution is 0.0809. The van der Waals surface area contributed by atoms with Crippen LogP contribution in [0.1, 0.15) is 41.5 Å². The van der Waals surface area contributed by atoms with E-state index in [0.717, 1.165) is 4.48 Å². The molecule has 19 heavy (non-hydrogen) atoms. The second-order valence-electron chi connectivity index (χ2n) is 6.28. The fourth-order valence-electron chi connectivity index (χ4n) is 3.37. The summed E-state index contributed by atoms with van der Waals surface area (Å²) in [6, 6.07) is 0. The minimum atomic E-state index is -1.95. The van der Waals surface area contributed by atoms with Crippen molar-refractivity contribution >= 4 is 24.2 Å². The number of aliphatic hydroxyl groups is 1. The lowest BCUT2D eigenvalue weighted by atomic mass is 10.1. The van der Waals surface area contributed by atoms with E-state index < -0.39 is 14.4 Å².